The molecular formula is C9H8BrF3O2. The fraction of sp³-hybridized carbons (Fsp3) is 0.333. The van der Waals surface area contributed by atoms with E-state index in [4.69, 9.17) is 0 Å². The Hall–Kier alpha value is -0.590. The van der Waals surface area contributed by atoms with E-state index in [0.717, 1.165) is 0 Å². The first kappa shape index (κ1) is 12.5. The van der Waals surface area contributed by atoms with Crippen LogP contribution in [0.4, 0.5) is 13.2 Å². The topological polar surface area (TPSA) is 29.5 Å². The number of hydrogen-bond donors (Lipinski definition) is 1. The smallest absolute Gasteiger partial charge is 0.386 e. The standard InChI is InChI=1S/C9H8BrF3O2/c10-7-3-1-2-6(4-7)8(14)5-15-9(11,12)13/h1-4,8,14H,5H2/t8-/m1/s1. The molecule has 0 amide bonds. The van der Waals surface area contributed by atoms with Gasteiger partial charge in [-0.2, -0.15) is 0 Å². The largest absolute Gasteiger partial charge is 0.522 e. The molecule has 0 radical (unpaired) electrons. The van der Waals surface area contributed by atoms with E-state index in [1.165, 1.54) is 12.1 Å². The molecule has 0 saturated heterocycles. The molecule has 1 aromatic carbocycles. The highest BCUT2D eigenvalue weighted by Crippen LogP contribution is 2.22. The first-order chi connectivity index (χ1) is 6.88. The maximum atomic E-state index is 11.7. The zero-order valence-electron chi connectivity index (χ0n) is 7.46. The van der Waals surface area contributed by atoms with Crippen LogP contribution >= 0.6 is 15.9 Å². The third-order valence-corrected chi connectivity index (χ3v) is 2.13. The van der Waals surface area contributed by atoms with Crippen molar-refractivity contribution in [3.05, 3.63) is 34.3 Å². The van der Waals surface area contributed by atoms with Crippen LogP contribution in [0.2, 0.25) is 0 Å². The Morgan fingerprint density at radius 1 is 1.40 bits per heavy atom. The van der Waals surface area contributed by atoms with Crippen LogP contribution in [-0.4, -0.2) is 18.1 Å². The highest BCUT2D eigenvalue weighted by Gasteiger charge is 2.30. The van der Waals surface area contributed by atoms with E-state index in [9.17, 15) is 18.3 Å². The van der Waals surface area contributed by atoms with Gasteiger partial charge in [-0.15, -0.1) is 13.2 Å². The third-order valence-electron chi connectivity index (χ3n) is 1.64. The first-order valence-corrected chi connectivity index (χ1v) is 4.82. The van der Waals surface area contributed by atoms with Gasteiger partial charge >= 0.3 is 6.36 Å². The zero-order chi connectivity index (χ0) is 11.5. The van der Waals surface area contributed by atoms with Gasteiger partial charge in [0.25, 0.3) is 0 Å². The average Bonchev–Trinajstić information content (AvgIpc) is 2.13. The molecule has 2 nitrogen and oxygen atoms in total. The van der Waals surface area contributed by atoms with Crippen molar-refractivity contribution in [3.63, 3.8) is 0 Å². The Morgan fingerprint density at radius 2 is 2.07 bits per heavy atom. The fourth-order valence-corrected chi connectivity index (χ4v) is 1.40. The van der Waals surface area contributed by atoms with Crippen LogP contribution in [0.3, 0.4) is 0 Å². The van der Waals surface area contributed by atoms with Gasteiger partial charge in [0.2, 0.25) is 0 Å². The number of benzene rings is 1. The summed E-state index contributed by atoms with van der Waals surface area (Å²) in [5, 5.41) is 9.36. The highest BCUT2D eigenvalue weighted by atomic mass is 79.9. The van der Waals surface area contributed by atoms with Crippen LogP contribution in [0.5, 0.6) is 0 Å². The van der Waals surface area contributed by atoms with Crippen molar-refractivity contribution in [1.82, 2.24) is 0 Å². The van der Waals surface area contributed by atoms with E-state index >= 15 is 0 Å². The van der Waals surface area contributed by atoms with E-state index in [1.807, 2.05) is 0 Å². The van der Waals surface area contributed by atoms with Crippen molar-refractivity contribution in [2.24, 2.45) is 0 Å². The van der Waals surface area contributed by atoms with E-state index in [0.29, 0.717) is 10.0 Å². The summed E-state index contributed by atoms with van der Waals surface area (Å²) in [4.78, 5) is 0. The summed E-state index contributed by atoms with van der Waals surface area (Å²) in [6.07, 6.45) is -6.00. The molecule has 1 N–H and O–H groups in total. The maximum Gasteiger partial charge on any atom is 0.522 e. The van der Waals surface area contributed by atoms with Crippen LogP contribution in [0.1, 0.15) is 11.7 Å². The van der Waals surface area contributed by atoms with E-state index in [1.54, 1.807) is 12.1 Å². The van der Waals surface area contributed by atoms with E-state index < -0.39 is 19.1 Å². The van der Waals surface area contributed by atoms with Crippen LogP contribution < -0.4 is 0 Å². The predicted octanol–water partition coefficient (Wildman–Crippen LogP) is 3.02. The molecule has 6 heteroatoms. The van der Waals surface area contributed by atoms with Crippen LogP contribution in [-0.2, 0) is 4.74 Å². The minimum Gasteiger partial charge on any atom is -0.386 e. The molecule has 1 aromatic rings. The molecule has 0 aliphatic heterocycles. The van der Waals surface area contributed by atoms with Gasteiger partial charge in [0.05, 0.1) is 6.61 Å². The fourth-order valence-electron chi connectivity index (χ4n) is 0.984. The molecule has 84 valence electrons. The summed E-state index contributed by atoms with van der Waals surface area (Å²) in [5.41, 5.74) is 0.369. The number of halogens is 4. The van der Waals surface area contributed by atoms with Crippen LogP contribution in [0.25, 0.3) is 0 Å². The van der Waals surface area contributed by atoms with Crippen molar-refractivity contribution in [2.45, 2.75) is 12.5 Å². The highest BCUT2D eigenvalue weighted by molar-refractivity contribution is 9.10. The molecule has 1 rings (SSSR count). The molecule has 1 atom stereocenters. The number of hydrogen-bond acceptors (Lipinski definition) is 2. The van der Waals surface area contributed by atoms with Crippen molar-refractivity contribution in [2.75, 3.05) is 6.61 Å². The minimum absolute atomic E-state index is 0.369. The Labute approximate surface area is 92.8 Å². The Bertz CT molecular complexity index is 327. The number of ether oxygens (including phenoxy) is 1. The molecule has 0 aliphatic carbocycles. The number of alkyl halides is 3. The number of aliphatic hydroxyl groups excluding tert-OH is 1. The summed E-state index contributed by atoms with van der Waals surface area (Å²) in [5.74, 6) is 0. The van der Waals surface area contributed by atoms with Crippen LogP contribution in [0.15, 0.2) is 28.7 Å². The first-order valence-electron chi connectivity index (χ1n) is 4.03. The monoisotopic (exact) mass is 284 g/mol. The van der Waals surface area contributed by atoms with Gasteiger partial charge in [0.1, 0.15) is 6.10 Å². The predicted molar refractivity (Wildman–Crippen MR) is 51.1 cm³/mol. The second kappa shape index (κ2) is 4.96. The molecule has 0 saturated carbocycles. The molecule has 15 heavy (non-hydrogen) atoms. The Morgan fingerprint density at radius 3 is 2.60 bits per heavy atom. The lowest BCUT2D eigenvalue weighted by atomic mass is 10.1. The Balaban J connectivity index is 2.58. The molecular weight excluding hydrogens is 277 g/mol. The number of rotatable bonds is 3. The zero-order valence-corrected chi connectivity index (χ0v) is 9.05. The SMILES string of the molecule is O[C@H](COC(F)(F)F)c1cccc(Br)c1. The van der Waals surface area contributed by atoms with Crippen molar-refractivity contribution in [3.8, 4) is 0 Å². The molecule has 0 spiro atoms. The lowest BCUT2D eigenvalue weighted by Crippen LogP contribution is -2.18. The van der Waals surface area contributed by atoms with Gasteiger partial charge in [0.15, 0.2) is 0 Å². The van der Waals surface area contributed by atoms with Gasteiger partial charge < -0.3 is 5.11 Å². The second-order valence-electron chi connectivity index (χ2n) is 2.83. The molecule has 0 aromatic heterocycles. The van der Waals surface area contributed by atoms with E-state index in [2.05, 4.69) is 20.7 Å². The van der Waals surface area contributed by atoms with Gasteiger partial charge in [-0.25, -0.2) is 0 Å². The quantitative estimate of drug-likeness (QED) is 0.925. The average molecular weight is 285 g/mol. The van der Waals surface area contributed by atoms with E-state index in [-0.39, 0.29) is 0 Å². The summed E-state index contributed by atoms with van der Waals surface area (Å²) in [6.45, 7) is -0.806. The minimum atomic E-state index is -4.72. The van der Waals surface area contributed by atoms with Crippen LogP contribution in [0, 0.1) is 0 Å². The summed E-state index contributed by atoms with van der Waals surface area (Å²) >= 11 is 3.15. The molecule has 0 heterocycles. The maximum absolute atomic E-state index is 11.7. The molecule has 0 unspecified atom stereocenters. The van der Waals surface area contributed by atoms with Gasteiger partial charge in [-0.3, -0.25) is 4.74 Å². The summed E-state index contributed by atoms with van der Waals surface area (Å²) < 4.78 is 39.2. The van der Waals surface area contributed by atoms with Crippen molar-refractivity contribution < 1.29 is 23.0 Å². The Kier molecular flexibility index (Phi) is 4.12. The van der Waals surface area contributed by atoms with Gasteiger partial charge in [0, 0.05) is 4.47 Å². The normalized spacial score (nSPS) is 13.9. The van der Waals surface area contributed by atoms with Crippen molar-refractivity contribution >= 4 is 15.9 Å². The summed E-state index contributed by atoms with van der Waals surface area (Å²) in [7, 11) is 0. The summed E-state index contributed by atoms with van der Waals surface area (Å²) in [6, 6.07) is 6.39. The van der Waals surface area contributed by atoms with Gasteiger partial charge in [-0.05, 0) is 17.7 Å². The van der Waals surface area contributed by atoms with Crippen molar-refractivity contribution in [1.29, 1.82) is 0 Å². The third kappa shape index (κ3) is 4.63. The lowest BCUT2D eigenvalue weighted by molar-refractivity contribution is -0.331. The second-order valence-corrected chi connectivity index (χ2v) is 3.74. The molecule has 0 bridgehead atoms. The molecule has 0 aliphatic rings. The lowest BCUT2D eigenvalue weighted by Gasteiger charge is -2.13. The number of aliphatic hydroxyl groups is 1. The molecule has 0 fully saturated rings. The van der Waals surface area contributed by atoms with Gasteiger partial charge in [-0.1, -0.05) is 28.1 Å².